The summed E-state index contributed by atoms with van der Waals surface area (Å²) in [6.07, 6.45) is 2.45. The third-order valence-corrected chi connectivity index (χ3v) is 2.87. The van der Waals surface area contributed by atoms with Crippen molar-refractivity contribution in [1.82, 2.24) is 9.97 Å². The second-order valence-electron chi connectivity index (χ2n) is 3.60. The molecule has 0 aliphatic rings. The van der Waals surface area contributed by atoms with Crippen LogP contribution in [-0.4, -0.2) is 17.1 Å². The van der Waals surface area contributed by atoms with Gasteiger partial charge in [-0.3, -0.25) is 0 Å². The number of benzene rings is 1. The molecule has 2 aromatic rings. The Balaban J connectivity index is 2.48. The first-order chi connectivity index (χ1) is 8.26. The molecule has 0 unspecified atom stereocenters. The van der Waals surface area contributed by atoms with E-state index < -0.39 is 0 Å². The predicted molar refractivity (Wildman–Crippen MR) is 68.4 cm³/mol. The molecule has 1 aromatic carbocycles. The largest absolute Gasteiger partial charge is 0.491 e. The van der Waals surface area contributed by atoms with Crippen LogP contribution in [0.15, 0.2) is 30.6 Å². The normalized spacial score (nSPS) is 10.3. The van der Waals surface area contributed by atoms with Crippen molar-refractivity contribution in [2.24, 2.45) is 0 Å². The lowest BCUT2D eigenvalue weighted by Gasteiger charge is -2.08. The van der Waals surface area contributed by atoms with Crippen LogP contribution in [0.5, 0.6) is 5.75 Å². The highest BCUT2D eigenvalue weighted by molar-refractivity contribution is 6.31. The molecule has 0 aliphatic heterocycles. The van der Waals surface area contributed by atoms with Crippen molar-refractivity contribution in [2.75, 3.05) is 7.11 Å². The summed E-state index contributed by atoms with van der Waals surface area (Å²) in [7, 11) is 1.56. The Kier molecular flexibility index (Phi) is 3.59. The van der Waals surface area contributed by atoms with E-state index in [9.17, 15) is 0 Å². The van der Waals surface area contributed by atoms with E-state index in [0.29, 0.717) is 10.9 Å². The molecule has 17 heavy (non-hydrogen) atoms. The van der Waals surface area contributed by atoms with Gasteiger partial charge in [0.05, 0.1) is 7.11 Å². The SMILES string of the molecule is CCc1ccc(-c2ncnc(Cl)c2OC)cc1. The van der Waals surface area contributed by atoms with Crippen molar-refractivity contribution >= 4 is 11.6 Å². The summed E-state index contributed by atoms with van der Waals surface area (Å²) in [5.74, 6) is 0.512. The molecule has 3 nitrogen and oxygen atoms in total. The van der Waals surface area contributed by atoms with Crippen molar-refractivity contribution in [3.8, 4) is 17.0 Å². The third-order valence-electron chi connectivity index (χ3n) is 2.60. The van der Waals surface area contributed by atoms with Gasteiger partial charge in [0.2, 0.25) is 0 Å². The molecule has 4 heteroatoms. The van der Waals surface area contributed by atoms with Gasteiger partial charge in [0.1, 0.15) is 12.0 Å². The maximum atomic E-state index is 5.96. The molecule has 1 aromatic heterocycles. The number of halogens is 1. The molecule has 0 aliphatic carbocycles. The van der Waals surface area contributed by atoms with E-state index in [2.05, 4.69) is 29.0 Å². The molecule has 88 valence electrons. The highest BCUT2D eigenvalue weighted by Crippen LogP contribution is 2.32. The number of aryl methyl sites for hydroxylation is 1. The van der Waals surface area contributed by atoms with Gasteiger partial charge in [-0.15, -0.1) is 0 Å². The molecule has 1 heterocycles. The number of ether oxygens (including phenoxy) is 1. The van der Waals surface area contributed by atoms with E-state index in [1.807, 2.05) is 12.1 Å². The minimum Gasteiger partial charge on any atom is -0.491 e. The standard InChI is InChI=1S/C13H13ClN2O/c1-3-9-4-6-10(7-5-9)11-12(17-2)13(14)16-8-15-11/h4-8H,3H2,1-2H3. The molecule has 0 atom stereocenters. The lowest BCUT2D eigenvalue weighted by atomic mass is 10.1. The summed E-state index contributed by atoms with van der Waals surface area (Å²) in [5, 5.41) is 0.331. The van der Waals surface area contributed by atoms with E-state index in [1.165, 1.54) is 11.9 Å². The van der Waals surface area contributed by atoms with Crippen LogP contribution in [0.25, 0.3) is 11.3 Å². The van der Waals surface area contributed by atoms with Gasteiger partial charge in [-0.05, 0) is 12.0 Å². The molecule has 2 rings (SSSR count). The molecule has 0 fully saturated rings. The number of methoxy groups -OCH3 is 1. The van der Waals surface area contributed by atoms with Gasteiger partial charge in [-0.25, -0.2) is 9.97 Å². The van der Waals surface area contributed by atoms with Crippen LogP contribution in [0, 0.1) is 0 Å². The molecule has 0 bridgehead atoms. The van der Waals surface area contributed by atoms with E-state index in [4.69, 9.17) is 16.3 Å². The average molecular weight is 249 g/mol. The molecule has 0 saturated heterocycles. The van der Waals surface area contributed by atoms with Crippen LogP contribution in [0.4, 0.5) is 0 Å². The van der Waals surface area contributed by atoms with Crippen molar-refractivity contribution < 1.29 is 4.74 Å². The maximum absolute atomic E-state index is 5.96. The fourth-order valence-electron chi connectivity index (χ4n) is 1.64. The van der Waals surface area contributed by atoms with Gasteiger partial charge >= 0.3 is 0 Å². The third kappa shape index (κ3) is 2.39. The second kappa shape index (κ2) is 5.15. The lowest BCUT2D eigenvalue weighted by molar-refractivity contribution is 0.413. The van der Waals surface area contributed by atoms with Crippen LogP contribution in [-0.2, 0) is 6.42 Å². The minimum atomic E-state index is 0.331. The monoisotopic (exact) mass is 248 g/mol. The fraction of sp³-hybridized carbons (Fsp3) is 0.231. The summed E-state index contributed by atoms with van der Waals surface area (Å²) in [5.41, 5.74) is 2.98. The van der Waals surface area contributed by atoms with Crippen molar-refractivity contribution in [2.45, 2.75) is 13.3 Å². The first-order valence-corrected chi connectivity index (χ1v) is 5.77. The number of nitrogens with zero attached hydrogens (tertiary/aromatic N) is 2. The van der Waals surface area contributed by atoms with E-state index in [1.54, 1.807) is 7.11 Å². The summed E-state index contributed by atoms with van der Waals surface area (Å²) < 4.78 is 5.23. The molecule has 0 amide bonds. The van der Waals surface area contributed by atoms with Crippen molar-refractivity contribution in [3.63, 3.8) is 0 Å². The quantitative estimate of drug-likeness (QED) is 0.782. The zero-order valence-electron chi connectivity index (χ0n) is 9.77. The topological polar surface area (TPSA) is 35.0 Å². The first-order valence-electron chi connectivity index (χ1n) is 5.40. The van der Waals surface area contributed by atoms with Gasteiger partial charge in [-0.2, -0.15) is 0 Å². The van der Waals surface area contributed by atoms with Gasteiger partial charge in [0, 0.05) is 5.56 Å². The summed E-state index contributed by atoms with van der Waals surface area (Å²) in [6, 6.07) is 8.18. The second-order valence-corrected chi connectivity index (χ2v) is 3.95. The highest BCUT2D eigenvalue weighted by atomic mass is 35.5. The lowest BCUT2D eigenvalue weighted by Crippen LogP contribution is -1.94. The Morgan fingerprint density at radius 3 is 2.47 bits per heavy atom. The van der Waals surface area contributed by atoms with E-state index in [0.717, 1.165) is 17.7 Å². The number of hydrogen-bond donors (Lipinski definition) is 0. The first kappa shape index (κ1) is 11.9. The smallest absolute Gasteiger partial charge is 0.182 e. The average Bonchev–Trinajstić information content (AvgIpc) is 2.38. The summed E-state index contributed by atoms with van der Waals surface area (Å²) >= 11 is 5.96. The Labute approximate surface area is 105 Å². The number of rotatable bonds is 3. The Morgan fingerprint density at radius 1 is 1.18 bits per heavy atom. The highest BCUT2D eigenvalue weighted by Gasteiger charge is 2.11. The molecule has 0 N–H and O–H groups in total. The predicted octanol–water partition coefficient (Wildman–Crippen LogP) is 3.37. The van der Waals surface area contributed by atoms with Gasteiger partial charge in [0.25, 0.3) is 0 Å². The van der Waals surface area contributed by atoms with Crippen LogP contribution < -0.4 is 4.74 Å². The van der Waals surface area contributed by atoms with E-state index in [-0.39, 0.29) is 0 Å². The number of hydrogen-bond acceptors (Lipinski definition) is 3. The Hall–Kier alpha value is -1.61. The molecule has 0 saturated carbocycles. The summed E-state index contributed by atoms with van der Waals surface area (Å²) in [4.78, 5) is 8.11. The van der Waals surface area contributed by atoms with Crippen LogP contribution in [0.2, 0.25) is 5.15 Å². The van der Waals surface area contributed by atoms with Crippen molar-refractivity contribution in [3.05, 3.63) is 41.3 Å². The maximum Gasteiger partial charge on any atom is 0.182 e. The van der Waals surface area contributed by atoms with Crippen LogP contribution >= 0.6 is 11.6 Å². The zero-order chi connectivity index (χ0) is 12.3. The molecular weight excluding hydrogens is 236 g/mol. The van der Waals surface area contributed by atoms with Gasteiger partial charge in [-0.1, -0.05) is 42.8 Å². The molecule has 0 radical (unpaired) electrons. The Bertz CT molecular complexity index is 511. The summed E-state index contributed by atoms with van der Waals surface area (Å²) in [6.45, 7) is 2.12. The molecule has 0 spiro atoms. The fourth-order valence-corrected chi connectivity index (χ4v) is 1.85. The van der Waals surface area contributed by atoms with Gasteiger partial charge in [0.15, 0.2) is 10.9 Å². The minimum absolute atomic E-state index is 0.331. The zero-order valence-corrected chi connectivity index (χ0v) is 10.5. The van der Waals surface area contributed by atoms with Crippen LogP contribution in [0.1, 0.15) is 12.5 Å². The Morgan fingerprint density at radius 2 is 1.88 bits per heavy atom. The van der Waals surface area contributed by atoms with Crippen molar-refractivity contribution in [1.29, 1.82) is 0 Å². The molecular formula is C13H13ClN2O. The van der Waals surface area contributed by atoms with Gasteiger partial charge < -0.3 is 4.74 Å². The van der Waals surface area contributed by atoms with Crippen LogP contribution in [0.3, 0.4) is 0 Å². The number of aromatic nitrogens is 2. The van der Waals surface area contributed by atoms with E-state index >= 15 is 0 Å².